The van der Waals surface area contributed by atoms with Crippen molar-refractivity contribution in [1.29, 1.82) is 5.26 Å². The maximum atomic E-state index is 15.4. The number of aromatic nitrogens is 1. The summed E-state index contributed by atoms with van der Waals surface area (Å²) in [5.41, 5.74) is 2.32. The minimum atomic E-state index is -1.10. The predicted octanol–water partition coefficient (Wildman–Crippen LogP) is 3.67. The second-order valence-electron chi connectivity index (χ2n) is 16.3. The largest absolute Gasteiger partial charge is 0.495 e. The van der Waals surface area contributed by atoms with Crippen molar-refractivity contribution in [3.63, 3.8) is 0 Å². The maximum Gasteiger partial charge on any atom is 0.322 e. The van der Waals surface area contributed by atoms with E-state index in [4.69, 9.17) is 9.72 Å². The molecule has 16 nitrogen and oxygen atoms in total. The zero-order valence-corrected chi connectivity index (χ0v) is 34.0. The van der Waals surface area contributed by atoms with Crippen LogP contribution in [0.5, 0.6) is 5.75 Å². The molecule has 3 aromatic rings. The second kappa shape index (κ2) is 16.8. The van der Waals surface area contributed by atoms with Crippen molar-refractivity contribution >= 4 is 52.5 Å². The number of nitrogens with one attached hydrogen (secondary N) is 2. The Bertz CT molecular complexity index is 2230. The SMILES string of the molecule is COc1cc(N2C[C@@H](C)N(C(=O)Nc3ccc(N4CCC(CN5CCN(c6cc7c(cc6F)C(=O)N(C6CCC(=O)NC6=O)C7=O)CC5)CC4)nc3)C[C@@H]2C)ccc1C#N. The third kappa shape index (κ3) is 7.91. The first-order chi connectivity index (χ1) is 28.9. The fourth-order valence-corrected chi connectivity index (χ4v) is 9.17. The van der Waals surface area contributed by atoms with Gasteiger partial charge in [-0.1, -0.05) is 0 Å². The van der Waals surface area contributed by atoms with Crippen molar-refractivity contribution in [3.05, 3.63) is 71.2 Å². The van der Waals surface area contributed by atoms with Gasteiger partial charge in [0, 0.05) is 89.2 Å². The molecule has 2 aromatic carbocycles. The summed E-state index contributed by atoms with van der Waals surface area (Å²) in [7, 11) is 1.55. The quantitative estimate of drug-likeness (QED) is 0.316. The fraction of sp³-hybridized carbons (Fsp3) is 0.465. The van der Waals surface area contributed by atoms with Crippen LogP contribution in [-0.4, -0.2) is 133 Å². The average molecular weight is 821 g/mol. The number of amides is 6. The number of rotatable bonds is 8. The summed E-state index contributed by atoms with van der Waals surface area (Å²) in [6.45, 7) is 10.5. The number of ether oxygens (including phenoxy) is 1. The molecule has 6 heterocycles. The minimum Gasteiger partial charge on any atom is -0.495 e. The van der Waals surface area contributed by atoms with Crippen molar-refractivity contribution in [2.45, 2.75) is 57.7 Å². The highest BCUT2D eigenvalue weighted by Gasteiger charge is 2.45. The molecule has 60 heavy (non-hydrogen) atoms. The van der Waals surface area contributed by atoms with E-state index in [1.165, 1.54) is 6.07 Å². The van der Waals surface area contributed by atoms with Gasteiger partial charge in [-0.05, 0) is 75.4 Å². The summed E-state index contributed by atoms with van der Waals surface area (Å²) < 4.78 is 20.9. The molecule has 314 valence electrons. The number of pyridine rings is 1. The van der Waals surface area contributed by atoms with E-state index < -0.39 is 35.5 Å². The van der Waals surface area contributed by atoms with Crippen LogP contribution in [0.3, 0.4) is 0 Å². The molecule has 0 radical (unpaired) electrons. The van der Waals surface area contributed by atoms with Gasteiger partial charge >= 0.3 is 6.03 Å². The van der Waals surface area contributed by atoms with Gasteiger partial charge in [0.05, 0.1) is 41.4 Å². The van der Waals surface area contributed by atoms with Gasteiger partial charge in [-0.15, -0.1) is 0 Å². The number of anilines is 4. The summed E-state index contributed by atoms with van der Waals surface area (Å²) in [6, 6.07) is 12.8. The second-order valence-corrected chi connectivity index (χ2v) is 16.3. The first kappa shape index (κ1) is 40.5. The number of nitriles is 1. The molecule has 3 atom stereocenters. The molecule has 4 fully saturated rings. The van der Waals surface area contributed by atoms with E-state index in [0.717, 1.165) is 68.0 Å². The van der Waals surface area contributed by atoms with Gasteiger partial charge in [0.25, 0.3) is 11.8 Å². The van der Waals surface area contributed by atoms with Gasteiger partial charge in [-0.25, -0.2) is 14.2 Å². The van der Waals surface area contributed by atoms with E-state index >= 15 is 4.39 Å². The molecule has 0 aliphatic carbocycles. The molecule has 5 aliphatic rings. The number of urea groups is 1. The Morgan fingerprint density at radius 2 is 1.65 bits per heavy atom. The van der Waals surface area contributed by atoms with Crippen LogP contribution in [0.4, 0.5) is 32.1 Å². The van der Waals surface area contributed by atoms with Crippen molar-refractivity contribution in [2.75, 3.05) is 86.0 Å². The van der Waals surface area contributed by atoms with E-state index in [0.29, 0.717) is 49.1 Å². The van der Waals surface area contributed by atoms with Crippen LogP contribution >= 0.6 is 0 Å². The molecule has 1 unspecified atom stereocenters. The number of benzene rings is 2. The summed E-state index contributed by atoms with van der Waals surface area (Å²) in [4.78, 5) is 80.1. The Balaban J connectivity index is 0.788. The highest BCUT2D eigenvalue weighted by atomic mass is 19.1. The van der Waals surface area contributed by atoms with Gasteiger partial charge in [0.1, 0.15) is 29.5 Å². The molecule has 6 amide bonds. The van der Waals surface area contributed by atoms with Crippen molar-refractivity contribution < 1.29 is 33.1 Å². The highest BCUT2D eigenvalue weighted by Crippen LogP contribution is 2.34. The van der Waals surface area contributed by atoms with Crippen molar-refractivity contribution in [1.82, 2.24) is 25.0 Å². The maximum absolute atomic E-state index is 15.4. The number of imide groups is 2. The lowest BCUT2D eigenvalue weighted by molar-refractivity contribution is -0.136. The van der Waals surface area contributed by atoms with Gasteiger partial charge in [0.15, 0.2) is 0 Å². The van der Waals surface area contributed by atoms with E-state index in [-0.39, 0.29) is 47.8 Å². The lowest BCUT2D eigenvalue weighted by Gasteiger charge is -2.45. The Kier molecular flexibility index (Phi) is 11.3. The standard InChI is InChI=1S/C43H49FN10O6/c1-26-24-53(27(2)23-52(26)31-6-4-29(21-45)37(18-31)60-3)43(59)47-30-5-8-38(46-22-30)51-12-10-28(11-13-51)25-49-14-16-50(17-15-49)36-20-33-32(19-34(36)44)41(57)54(42(33)58)35-7-9-39(55)48-40(35)56/h4-6,8,18-20,22,26-28,35H,7,9-17,23-25H2,1-3H3,(H,47,59)(H,48,55,56)/t26-,27+,35?/m0/s1. The van der Waals surface area contributed by atoms with Crippen molar-refractivity contribution in [3.8, 4) is 11.8 Å². The number of piperidine rings is 2. The number of nitrogens with zero attached hydrogens (tertiary/aromatic N) is 8. The van der Waals surface area contributed by atoms with Crippen LogP contribution in [0.2, 0.25) is 0 Å². The molecule has 2 N–H and O–H groups in total. The Morgan fingerprint density at radius 1 is 0.917 bits per heavy atom. The number of hydrogen-bond donors (Lipinski definition) is 2. The molecule has 8 rings (SSSR count). The molecule has 4 saturated heterocycles. The molecule has 1 aromatic heterocycles. The van der Waals surface area contributed by atoms with Crippen LogP contribution in [-0.2, 0) is 9.59 Å². The smallest absolute Gasteiger partial charge is 0.322 e. The third-order valence-electron chi connectivity index (χ3n) is 12.6. The summed E-state index contributed by atoms with van der Waals surface area (Å²) >= 11 is 0. The molecule has 0 saturated carbocycles. The van der Waals surface area contributed by atoms with E-state index in [2.05, 4.69) is 38.3 Å². The topological polar surface area (TPSA) is 175 Å². The average Bonchev–Trinajstić information content (AvgIpc) is 3.48. The van der Waals surface area contributed by atoms with Gasteiger partial charge in [-0.3, -0.25) is 34.3 Å². The monoisotopic (exact) mass is 820 g/mol. The number of carbonyl (C=O) groups excluding carboxylic acids is 5. The summed E-state index contributed by atoms with van der Waals surface area (Å²) in [6.07, 6.45) is 3.76. The molecular formula is C43H49FN10O6. The highest BCUT2D eigenvalue weighted by molar-refractivity contribution is 6.23. The van der Waals surface area contributed by atoms with Crippen LogP contribution in [0.25, 0.3) is 0 Å². The van der Waals surface area contributed by atoms with Crippen molar-refractivity contribution in [2.24, 2.45) is 5.92 Å². The van der Waals surface area contributed by atoms with Crippen LogP contribution in [0.15, 0.2) is 48.7 Å². The lowest BCUT2D eigenvalue weighted by atomic mass is 9.96. The molecular weight excluding hydrogens is 772 g/mol. The third-order valence-corrected chi connectivity index (χ3v) is 12.6. The van der Waals surface area contributed by atoms with Crippen LogP contribution in [0.1, 0.15) is 65.8 Å². The molecule has 17 heteroatoms. The number of piperazine rings is 2. The molecule has 0 spiro atoms. The van der Waals surface area contributed by atoms with Gasteiger partial charge in [0.2, 0.25) is 11.8 Å². The Hall–Kier alpha value is -6.28. The van der Waals surface area contributed by atoms with Crippen LogP contribution < -0.4 is 30.1 Å². The first-order valence-corrected chi connectivity index (χ1v) is 20.6. The van der Waals surface area contributed by atoms with Gasteiger partial charge in [-0.2, -0.15) is 5.26 Å². The van der Waals surface area contributed by atoms with E-state index in [9.17, 15) is 29.2 Å². The molecule has 5 aliphatic heterocycles. The fourth-order valence-electron chi connectivity index (χ4n) is 9.17. The van der Waals surface area contributed by atoms with E-state index in [1.807, 2.05) is 41.0 Å². The minimum absolute atomic E-state index is 0.0151. The number of methoxy groups -OCH3 is 1. The predicted molar refractivity (Wildman–Crippen MR) is 221 cm³/mol. The number of halogens is 1. The number of hydrogen-bond acceptors (Lipinski definition) is 12. The van der Waals surface area contributed by atoms with Gasteiger partial charge < -0.3 is 29.7 Å². The summed E-state index contributed by atoms with van der Waals surface area (Å²) in [5.74, 6) is -1.23. The van der Waals surface area contributed by atoms with E-state index in [1.54, 1.807) is 19.4 Å². The lowest BCUT2D eigenvalue weighted by Crippen LogP contribution is -2.59. The molecule has 0 bridgehead atoms. The first-order valence-electron chi connectivity index (χ1n) is 20.6. The summed E-state index contributed by atoms with van der Waals surface area (Å²) in [5, 5.41) is 14.6. The Labute approximate surface area is 347 Å². The Morgan fingerprint density at radius 3 is 2.32 bits per heavy atom. The normalized spacial score (nSPS) is 22.8. The zero-order chi connectivity index (χ0) is 42.2. The zero-order valence-electron chi connectivity index (χ0n) is 34.0. The number of carbonyl (C=O) groups is 5. The van der Waals surface area contributed by atoms with Crippen LogP contribution in [0, 0.1) is 23.1 Å². The number of fused-ring (bicyclic) bond motifs is 1.